The topological polar surface area (TPSA) is 77.3 Å². The Morgan fingerprint density at radius 2 is 0.573 bits per heavy atom. The Morgan fingerprint density at radius 1 is 0.188 bits per heavy atom. The molecule has 20 aromatic rings. The SMILES string of the molecule is c1ccc(-c2ccc3ccc4c(-c5cc(-c6cccc7ncccc67)cc(-c6ccc(-c7cc8c(-c9cccnc9)ccc9ccc%10c(-c%11cc(-c%12cccc%13ncccc%12%13)cc(-c%12cccc%13ncccc%12%13)c%11)ccc7c%10c98)c7ncccc67)c5)ccc5ccc2c3c54)nc1. The van der Waals surface area contributed by atoms with Gasteiger partial charge in [0.2, 0.25) is 0 Å². The van der Waals surface area contributed by atoms with Gasteiger partial charge < -0.3 is 0 Å². The van der Waals surface area contributed by atoms with E-state index in [9.17, 15) is 0 Å². The summed E-state index contributed by atoms with van der Waals surface area (Å²) in [7, 11) is 0. The molecule has 0 radical (unpaired) electrons. The Bertz CT molecular complexity index is 6470. The molecule has 0 N–H and O–H groups in total. The summed E-state index contributed by atoms with van der Waals surface area (Å²) in [6.07, 6.45) is 13.3. The number of aromatic nitrogens is 6. The maximum absolute atomic E-state index is 5.42. The summed E-state index contributed by atoms with van der Waals surface area (Å²) < 4.78 is 0. The fourth-order valence-corrected chi connectivity index (χ4v) is 15.8. The Morgan fingerprint density at radius 3 is 1.09 bits per heavy atom. The van der Waals surface area contributed by atoms with Crippen molar-refractivity contribution < 1.29 is 0 Å². The Hall–Kier alpha value is -12.9. The van der Waals surface area contributed by atoms with Crippen LogP contribution in [0.15, 0.2) is 316 Å². The van der Waals surface area contributed by atoms with Gasteiger partial charge in [0.15, 0.2) is 0 Å². The molecule has 0 atom stereocenters. The zero-order chi connectivity index (χ0) is 63.0. The first-order chi connectivity index (χ1) is 47.6. The van der Waals surface area contributed by atoms with Crippen molar-refractivity contribution in [3.63, 3.8) is 0 Å². The molecule has 0 aliphatic carbocycles. The minimum atomic E-state index is 0.923. The van der Waals surface area contributed by atoms with E-state index in [1.165, 1.54) is 53.9 Å². The van der Waals surface area contributed by atoms with E-state index in [0.29, 0.717) is 0 Å². The van der Waals surface area contributed by atoms with Crippen LogP contribution in [0.4, 0.5) is 0 Å². The van der Waals surface area contributed by atoms with Gasteiger partial charge in [0.1, 0.15) is 0 Å². The number of benzene rings is 14. The molecule has 442 valence electrons. The lowest BCUT2D eigenvalue weighted by molar-refractivity contribution is 1.33. The Balaban J connectivity index is 0.817. The number of fused-ring (bicyclic) bond motifs is 4. The van der Waals surface area contributed by atoms with Crippen LogP contribution < -0.4 is 0 Å². The van der Waals surface area contributed by atoms with Crippen LogP contribution in [0.5, 0.6) is 0 Å². The molecule has 0 unspecified atom stereocenters. The maximum Gasteiger partial charge on any atom is 0.0786 e. The predicted molar refractivity (Wildman–Crippen MR) is 400 cm³/mol. The molecule has 6 nitrogen and oxygen atoms in total. The monoisotopic (exact) mass is 1220 g/mol. The van der Waals surface area contributed by atoms with E-state index in [-0.39, 0.29) is 0 Å². The molecule has 0 bridgehead atoms. The van der Waals surface area contributed by atoms with Crippen LogP contribution in [0.1, 0.15) is 0 Å². The Kier molecular flexibility index (Phi) is 11.9. The van der Waals surface area contributed by atoms with Crippen LogP contribution in [-0.4, -0.2) is 29.9 Å². The molecule has 0 saturated heterocycles. The maximum atomic E-state index is 5.42. The first-order valence-electron chi connectivity index (χ1n) is 32.6. The zero-order valence-corrected chi connectivity index (χ0v) is 51.7. The van der Waals surface area contributed by atoms with E-state index < -0.39 is 0 Å². The summed E-state index contributed by atoms with van der Waals surface area (Å²) in [5, 5.41) is 18.8. The van der Waals surface area contributed by atoms with E-state index in [2.05, 4.69) is 248 Å². The number of hydrogen-bond acceptors (Lipinski definition) is 6. The highest BCUT2D eigenvalue weighted by atomic mass is 14.7. The third-order valence-electron chi connectivity index (χ3n) is 20.1. The third-order valence-corrected chi connectivity index (χ3v) is 20.1. The van der Waals surface area contributed by atoms with Gasteiger partial charge in [-0.05, 0) is 246 Å². The second-order valence-electron chi connectivity index (χ2n) is 25.2. The lowest BCUT2D eigenvalue weighted by Crippen LogP contribution is -1.95. The minimum Gasteiger partial charge on any atom is -0.264 e. The lowest BCUT2D eigenvalue weighted by atomic mass is 9.82. The van der Waals surface area contributed by atoms with E-state index >= 15 is 0 Å². The molecule has 6 aromatic heterocycles. The summed E-state index contributed by atoms with van der Waals surface area (Å²) >= 11 is 0. The highest BCUT2D eigenvalue weighted by Gasteiger charge is 2.24. The molecule has 0 aliphatic heterocycles. The van der Waals surface area contributed by atoms with Gasteiger partial charge in [0.05, 0.1) is 27.8 Å². The van der Waals surface area contributed by atoms with Crippen LogP contribution in [0.25, 0.3) is 209 Å². The molecule has 14 aromatic carbocycles. The smallest absolute Gasteiger partial charge is 0.0786 e. The van der Waals surface area contributed by atoms with Gasteiger partial charge in [-0.1, -0.05) is 170 Å². The molecule has 0 aliphatic rings. The van der Waals surface area contributed by atoms with Gasteiger partial charge in [-0.15, -0.1) is 0 Å². The van der Waals surface area contributed by atoms with Crippen LogP contribution in [0, 0.1) is 0 Å². The molecular weight excluding hydrogens is 1170 g/mol. The van der Waals surface area contributed by atoms with Gasteiger partial charge in [-0.2, -0.15) is 0 Å². The minimum absolute atomic E-state index is 0.923. The average molecular weight is 1220 g/mol. The second-order valence-corrected chi connectivity index (χ2v) is 25.2. The van der Waals surface area contributed by atoms with E-state index in [0.717, 1.165) is 155 Å². The molecule has 0 saturated carbocycles. The molecule has 0 amide bonds. The van der Waals surface area contributed by atoms with Crippen molar-refractivity contribution in [2.75, 3.05) is 0 Å². The normalized spacial score (nSPS) is 12.0. The van der Waals surface area contributed by atoms with Crippen molar-refractivity contribution in [1.29, 1.82) is 0 Å². The van der Waals surface area contributed by atoms with Gasteiger partial charge in [0.25, 0.3) is 0 Å². The molecule has 0 spiro atoms. The molecule has 96 heavy (non-hydrogen) atoms. The lowest BCUT2D eigenvalue weighted by Gasteiger charge is -2.21. The third kappa shape index (κ3) is 8.39. The second kappa shape index (κ2) is 21.3. The first-order valence-corrected chi connectivity index (χ1v) is 32.6. The van der Waals surface area contributed by atoms with Gasteiger partial charge in [0, 0.05) is 81.6 Å². The number of nitrogens with zero attached hydrogens (tertiary/aromatic N) is 6. The summed E-state index contributed by atoms with van der Waals surface area (Å²) in [5.41, 5.74) is 23.7. The molecule has 20 rings (SSSR count). The van der Waals surface area contributed by atoms with Gasteiger partial charge in [-0.25, -0.2) is 0 Å². The highest BCUT2D eigenvalue weighted by Crippen LogP contribution is 2.51. The van der Waals surface area contributed by atoms with Crippen LogP contribution >= 0.6 is 0 Å². The van der Waals surface area contributed by atoms with E-state index in [1.54, 1.807) is 0 Å². The number of rotatable bonds is 9. The van der Waals surface area contributed by atoms with Gasteiger partial charge >= 0.3 is 0 Å². The van der Waals surface area contributed by atoms with E-state index in [4.69, 9.17) is 24.9 Å². The summed E-state index contributed by atoms with van der Waals surface area (Å²) in [6.45, 7) is 0. The predicted octanol–water partition coefficient (Wildman–Crippen LogP) is 23.5. The first kappa shape index (κ1) is 53.7. The fraction of sp³-hybridized carbons (Fsp3) is 0. The van der Waals surface area contributed by atoms with Crippen molar-refractivity contribution in [3.8, 4) is 100 Å². The average Bonchev–Trinajstić information content (AvgIpc) is 0.718. The molecule has 6 heteroatoms. The van der Waals surface area contributed by atoms with Crippen molar-refractivity contribution in [2.24, 2.45) is 0 Å². The van der Waals surface area contributed by atoms with E-state index in [1.807, 2.05) is 73.7 Å². The molecular formula is C90H52N6. The standard InChI is InChI=1S/C90H52N6/c1-2-40-92-82(19-1)73-31-25-54-26-32-74-67(30-24-53-28-34-76(73)87(54)86(53)74)60-46-59(65-14-5-22-85-72(65)17-9-43-95-85)49-62(50-60)69-36-38-79(90-78(69)18-10-44-96-90)80-51-81-66(56-11-6-39-91-52-56)29-23-55-27-33-75-68(35-37-77(80)89(75)88(55)81)61-47-57(63-12-3-20-83-70(63)15-7-41-93-83)45-58(48-61)64-13-4-21-84-71(64)16-8-42-94-84/h1-52H. The van der Waals surface area contributed by atoms with Gasteiger partial charge in [-0.3, -0.25) is 29.9 Å². The van der Waals surface area contributed by atoms with Crippen LogP contribution in [0.3, 0.4) is 0 Å². The van der Waals surface area contributed by atoms with Crippen molar-refractivity contribution >= 4 is 108 Å². The summed E-state index contributed by atoms with van der Waals surface area (Å²) in [5.74, 6) is 0. The largest absolute Gasteiger partial charge is 0.264 e. The van der Waals surface area contributed by atoms with Crippen molar-refractivity contribution in [1.82, 2.24) is 29.9 Å². The van der Waals surface area contributed by atoms with Crippen LogP contribution in [0.2, 0.25) is 0 Å². The summed E-state index contributed by atoms with van der Waals surface area (Å²) in [6, 6.07) is 100. The Labute approximate surface area is 551 Å². The quantitative estimate of drug-likeness (QED) is 0.134. The van der Waals surface area contributed by atoms with Crippen LogP contribution in [-0.2, 0) is 0 Å². The fourth-order valence-electron chi connectivity index (χ4n) is 15.8. The van der Waals surface area contributed by atoms with Crippen molar-refractivity contribution in [3.05, 3.63) is 316 Å². The summed E-state index contributed by atoms with van der Waals surface area (Å²) in [4.78, 5) is 29.4. The molecule has 0 fully saturated rings. The number of hydrogen-bond donors (Lipinski definition) is 0. The highest BCUT2D eigenvalue weighted by molar-refractivity contribution is 6.32. The zero-order valence-electron chi connectivity index (χ0n) is 51.7. The molecule has 6 heterocycles. The van der Waals surface area contributed by atoms with Crippen molar-refractivity contribution in [2.45, 2.75) is 0 Å². The number of pyridine rings is 6.